The molecule has 17 heavy (non-hydrogen) atoms. The largest absolute Gasteiger partial charge is 0.352 e. The first kappa shape index (κ1) is 15.0. The quantitative estimate of drug-likeness (QED) is 0.582. The Bertz CT molecular complexity index is 182. The average molecular weight is 242 g/mol. The van der Waals surface area contributed by atoms with Gasteiger partial charge in [0, 0.05) is 5.92 Å². The molecule has 0 saturated carbocycles. The van der Waals surface area contributed by atoms with Gasteiger partial charge in [0.15, 0.2) is 6.29 Å². The highest BCUT2D eigenvalue weighted by molar-refractivity contribution is 4.73. The highest BCUT2D eigenvalue weighted by Crippen LogP contribution is 2.27. The van der Waals surface area contributed by atoms with Crippen LogP contribution in [0.3, 0.4) is 0 Å². The van der Waals surface area contributed by atoms with Crippen LogP contribution in [0.5, 0.6) is 0 Å². The molecule has 0 N–H and O–H groups in total. The van der Waals surface area contributed by atoms with Crippen LogP contribution in [0.2, 0.25) is 0 Å². The van der Waals surface area contributed by atoms with Gasteiger partial charge in [0.1, 0.15) is 0 Å². The summed E-state index contributed by atoms with van der Waals surface area (Å²) in [5.41, 5.74) is 0. The minimum Gasteiger partial charge on any atom is -0.352 e. The van der Waals surface area contributed by atoms with E-state index in [0.717, 1.165) is 13.0 Å². The molecule has 2 nitrogen and oxygen atoms in total. The lowest BCUT2D eigenvalue weighted by atomic mass is 9.95. The van der Waals surface area contributed by atoms with Crippen molar-refractivity contribution in [3.8, 4) is 0 Å². The summed E-state index contributed by atoms with van der Waals surface area (Å²) in [6.07, 6.45) is 10.4. The Morgan fingerprint density at radius 1 is 0.941 bits per heavy atom. The Labute approximate surface area is 107 Å². The van der Waals surface area contributed by atoms with E-state index in [1.807, 2.05) is 0 Å². The second-order valence-electron chi connectivity index (χ2n) is 5.24. The molecule has 1 fully saturated rings. The van der Waals surface area contributed by atoms with Gasteiger partial charge in [0.2, 0.25) is 0 Å². The fraction of sp³-hybridized carbons (Fsp3) is 1.00. The van der Waals surface area contributed by atoms with Gasteiger partial charge >= 0.3 is 0 Å². The first-order chi connectivity index (χ1) is 8.31. The Hall–Kier alpha value is -0.0800. The summed E-state index contributed by atoms with van der Waals surface area (Å²) in [5.74, 6) is 0.613. The van der Waals surface area contributed by atoms with Crippen molar-refractivity contribution in [2.75, 3.05) is 6.61 Å². The van der Waals surface area contributed by atoms with E-state index in [1.54, 1.807) is 0 Å². The maximum atomic E-state index is 6.09. The fourth-order valence-corrected chi connectivity index (χ4v) is 2.54. The van der Waals surface area contributed by atoms with Crippen LogP contribution < -0.4 is 0 Å². The van der Waals surface area contributed by atoms with Crippen LogP contribution in [-0.2, 0) is 9.47 Å². The molecule has 3 atom stereocenters. The lowest BCUT2D eigenvalue weighted by molar-refractivity contribution is -0.240. The van der Waals surface area contributed by atoms with Crippen LogP contribution in [-0.4, -0.2) is 19.0 Å². The molecule has 1 aliphatic rings. The van der Waals surface area contributed by atoms with Crippen molar-refractivity contribution in [3.05, 3.63) is 0 Å². The third-order valence-corrected chi connectivity index (χ3v) is 3.74. The van der Waals surface area contributed by atoms with Crippen molar-refractivity contribution in [2.24, 2.45) is 5.92 Å². The van der Waals surface area contributed by atoms with Gasteiger partial charge in [-0.3, -0.25) is 0 Å². The van der Waals surface area contributed by atoms with Gasteiger partial charge in [-0.1, -0.05) is 46.5 Å². The fourth-order valence-electron chi connectivity index (χ4n) is 2.54. The van der Waals surface area contributed by atoms with Crippen molar-refractivity contribution in [1.29, 1.82) is 0 Å². The van der Waals surface area contributed by atoms with Gasteiger partial charge in [-0.15, -0.1) is 0 Å². The monoisotopic (exact) mass is 242 g/mol. The number of rotatable bonds is 8. The Morgan fingerprint density at radius 3 is 2.41 bits per heavy atom. The van der Waals surface area contributed by atoms with Crippen LogP contribution in [0.25, 0.3) is 0 Å². The number of ether oxygens (including phenoxy) is 2. The Kier molecular flexibility index (Phi) is 7.87. The normalized spacial score (nSPS) is 29.5. The lowest BCUT2D eigenvalue weighted by Gasteiger charge is -2.36. The SMILES string of the molecule is CCCCCC[C@@H]1OC[C@@H](CC)[C@H](CCC)O1. The van der Waals surface area contributed by atoms with E-state index in [2.05, 4.69) is 20.8 Å². The van der Waals surface area contributed by atoms with E-state index >= 15 is 0 Å². The molecule has 1 heterocycles. The third kappa shape index (κ3) is 5.39. The minimum absolute atomic E-state index is 0.0752. The summed E-state index contributed by atoms with van der Waals surface area (Å²) < 4.78 is 11.9. The second kappa shape index (κ2) is 8.93. The molecule has 0 bridgehead atoms. The molecular weight excluding hydrogens is 212 g/mol. The molecular formula is C15H30O2. The van der Waals surface area contributed by atoms with Gasteiger partial charge in [-0.05, 0) is 25.7 Å². The topological polar surface area (TPSA) is 18.5 Å². The highest BCUT2D eigenvalue weighted by atomic mass is 16.7. The zero-order chi connectivity index (χ0) is 12.5. The predicted molar refractivity (Wildman–Crippen MR) is 72.1 cm³/mol. The second-order valence-corrected chi connectivity index (χ2v) is 5.24. The molecule has 102 valence electrons. The average Bonchev–Trinajstić information content (AvgIpc) is 2.35. The third-order valence-electron chi connectivity index (χ3n) is 3.74. The van der Waals surface area contributed by atoms with Crippen LogP contribution in [0.15, 0.2) is 0 Å². The van der Waals surface area contributed by atoms with E-state index in [4.69, 9.17) is 9.47 Å². The lowest BCUT2D eigenvalue weighted by Crippen LogP contribution is -2.39. The maximum Gasteiger partial charge on any atom is 0.157 e. The summed E-state index contributed by atoms with van der Waals surface area (Å²) in [6.45, 7) is 7.62. The van der Waals surface area contributed by atoms with Gasteiger partial charge in [0.25, 0.3) is 0 Å². The Morgan fingerprint density at radius 2 is 1.76 bits per heavy atom. The summed E-state index contributed by atoms with van der Waals surface area (Å²) >= 11 is 0. The minimum atomic E-state index is 0.0752. The molecule has 0 amide bonds. The summed E-state index contributed by atoms with van der Waals surface area (Å²) in [7, 11) is 0. The molecule has 1 aliphatic heterocycles. The summed E-state index contributed by atoms with van der Waals surface area (Å²) in [4.78, 5) is 0. The van der Waals surface area contributed by atoms with Crippen LogP contribution in [0, 0.1) is 5.92 Å². The summed E-state index contributed by atoms with van der Waals surface area (Å²) in [6, 6.07) is 0. The Balaban J connectivity index is 2.24. The molecule has 1 saturated heterocycles. The molecule has 1 rings (SSSR count). The van der Waals surface area contributed by atoms with Crippen molar-refractivity contribution in [3.63, 3.8) is 0 Å². The van der Waals surface area contributed by atoms with E-state index < -0.39 is 0 Å². The predicted octanol–water partition coefficient (Wildman–Crippen LogP) is 4.52. The van der Waals surface area contributed by atoms with Crippen LogP contribution in [0.1, 0.15) is 72.1 Å². The number of hydrogen-bond donors (Lipinski definition) is 0. The summed E-state index contributed by atoms with van der Waals surface area (Å²) in [5, 5.41) is 0. The molecule has 0 radical (unpaired) electrons. The highest BCUT2D eigenvalue weighted by Gasteiger charge is 2.29. The van der Waals surface area contributed by atoms with Crippen molar-refractivity contribution in [2.45, 2.75) is 84.5 Å². The molecule has 0 unspecified atom stereocenters. The van der Waals surface area contributed by atoms with Gasteiger partial charge in [-0.2, -0.15) is 0 Å². The zero-order valence-electron chi connectivity index (χ0n) is 11.9. The number of hydrogen-bond acceptors (Lipinski definition) is 2. The first-order valence-corrected chi connectivity index (χ1v) is 7.58. The standard InChI is InChI=1S/C15H30O2/c1-4-7-8-9-11-15-16-12-13(6-3)14(17-15)10-5-2/h13-15H,4-12H2,1-3H3/t13-,14+,15-/m1/s1. The van der Waals surface area contributed by atoms with Crippen LogP contribution in [0.4, 0.5) is 0 Å². The van der Waals surface area contributed by atoms with E-state index in [0.29, 0.717) is 12.0 Å². The number of unbranched alkanes of at least 4 members (excludes halogenated alkanes) is 3. The zero-order valence-corrected chi connectivity index (χ0v) is 11.9. The molecule has 2 heteroatoms. The molecule has 0 aromatic heterocycles. The van der Waals surface area contributed by atoms with Crippen molar-refractivity contribution < 1.29 is 9.47 Å². The van der Waals surface area contributed by atoms with Gasteiger partial charge in [-0.25, -0.2) is 0 Å². The van der Waals surface area contributed by atoms with E-state index in [1.165, 1.54) is 44.9 Å². The van der Waals surface area contributed by atoms with Gasteiger partial charge in [0.05, 0.1) is 12.7 Å². The van der Waals surface area contributed by atoms with E-state index in [9.17, 15) is 0 Å². The van der Waals surface area contributed by atoms with Gasteiger partial charge < -0.3 is 9.47 Å². The molecule has 0 aromatic carbocycles. The maximum absolute atomic E-state index is 6.09. The van der Waals surface area contributed by atoms with Crippen molar-refractivity contribution in [1.82, 2.24) is 0 Å². The van der Waals surface area contributed by atoms with Crippen LogP contribution >= 0.6 is 0 Å². The first-order valence-electron chi connectivity index (χ1n) is 7.58. The molecule has 0 aliphatic carbocycles. The molecule has 0 spiro atoms. The smallest absolute Gasteiger partial charge is 0.157 e. The molecule has 0 aromatic rings. The van der Waals surface area contributed by atoms with E-state index in [-0.39, 0.29) is 6.29 Å². The van der Waals surface area contributed by atoms with Crippen molar-refractivity contribution >= 4 is 0 Å².